The first kappa shape index (κ1) is 13.4. The summed E-state index contributed by atoms with van der Waals surface area (Å²) < 4.78 is 5.89. The van der Waals surface area contributed by atoms with Crippen LogP contribution in [0.25, 0.3) is 0 Å². The number of rotatable bonds is 2. The number of nitrogens with one attached hydrogen (secondary N) is 1. The molecule has 0 spiro atoms. The zero-order chi connectivity index (χ0) is 13.9. The van der Waals surface area contributed by atoms with Gasteiger partial charge in [0.2, 0.25) is 0 Å². The molecular weight excluding hydrogens is 252 g/mol. The zero-order valence-corrected chi connectivity index (χ0v) is 11.7. The van der Waals surface area contributed by atoms with Crippen molar-refractivity contribution in [2.75, 3.05) is 6.54 Å². The third-order valence-corrected chi connectivity index (χ3v) is 4.24. The van der Waals surface area contributed by atoms with Crippen LogP contribution < -0.4 is 15.8 Å². The SMILES string of the molecule is NC1CCCc2ccc(OC3CCCCNC3=O)cc21. The summed E-state index contributed by atoms with van der Waals surface area (Å²) in [6.07, 6.45) is 5.74. The maximum Gasteiger partial charge on any atom is 0.261 e. The molecule has 3 rings (SSSR count). The first-order valence-corrected chi connectivity index (χ1v) is 7.57. The quantitative estimate of drug-likeness (QED) is 0.867. The molecule has 1 aliphatic heterocycles. The van der Waals surface area contributed by atoms with Crippen molar-refractivity contribution >= 4 is 5.91 Å². The summed E-state index contributed by atoms with van der Waals surface area (Å²) in [6, 6.07) is 6.19. The molecule has 2 unspecified atom stereocenters. The smallest absolute Gasteiger partial charge is 0.261 e. The van der Waals surface area contributed by atoms with E-state index in [2.05, 4.69) is 11.4 Å². The van der Waals surface area contributed by atoms with Crippen molar-refractivity contribution in [2.24, 2.45) is 5.73 Å². The van der Waals surface area contributed by atoms with Crippen molar-refractivity contribution in [1.29, 1.82) is 0 Å². The monoisotopic (exact) mass is 274 g/mol. The normalized spacial score (nSPS) is 26.4. The van der Waals surface area contributed by atoms with Crippen molar-refractivity contribution in [3.8, 4) is 5.75 Å². The molecular formula is C16H22N2O2. The molecule has 1 aromatic rings. The lowest BCUT2D eigenvalue weighted by atomic mass is 9.88. The standard InChI is InChI=1S/C16H22N2O2/c17-14-5-3-4-11-7-8-12(10-13(11)14)20-15-6-1-2-9-18-16(15)19/h7-8,10,14-15H,1-6,9,17H2,(H,18,19). The largest absolute Gasteiger partial charge is 0.481 e. The minimum atomic E-state index is -0.365. The maximum absolute atomic E-state index is 11.9. The van der Waals surface area contributed by atoms with Crippen molar-refractivity contribution in [3.05, 3.63) is 29.3 Å². The molecule has 2 atom stereocenters. The Bertz CT molecular complexity index is 501. The molecule has 0 saturated carbocycles. The van der Waals surface area contributed by atoms with E-state index in [1.807, 2.05) is 12.1 Å². The zero-order valence-electron chi connectivity index (χ0n) is 11.7. The lowest BCUT2D eigenvalue weighted by Crippen LogP contribution is -2.36. The van der Waals surface area contributed by atoms with Gasteiger partial charge in [-0.1, -0.05) is 6.07 Å². The molecule has 108 valence electrons. The molecule has 1 heterocycles. The Hall–Kier alpha value is -1.55. The van der Waals surface area contributed by atoms with Crippen molar-refractivity contribution in [2.45, 2.75) is 50.7 Å². The average molecular weight is 274 g/mol. The van der Waals surface area contributed by atoms with E-state index < -0.39 is 0 Å². The molecule has 1 fully saturated rings. The fourth-order valence-corrected chi connectivity index (χ4v) is 3.08. The number of hydrogen-bond acceptors (Lipinski definition) is 3. The third-order valence-electron chi connectivity index (χ3n) is 4.24. The predicted octanol–water partition coefficient (Wildman–Crippen LogP) is 2.07. The van der Waals surface area contributed by atoms with Crippen molar-refractivity contribution < 1.29 is 9.53 Å². The van der Waals surface area contributed by atoms with E-state index in [0.29, 0.717) is 0 Å². The number of fused-ring (bicyclic) bond motifs is 1. The summed E-state index contributed by atoms with van der Waals surface area (Å²) >= 11 is 0. The predicted molar refractivity (Wildman–Crippen MR) is 77.6 cm³/mol. The summed E-state index contributed by atoms with van der Waals surface area (Å²) in [5.41, 5.74) is 8.67. The average Bonchev–Trinajstić information content (AvgIpc) is 2.65. The van der Waals surface area contributed by atoms with Gasteiger partial charge in [-0.3, -0.25) is 4.79 Å². The summed E-state index contributed by atoms with van der Waals surface area (Å²) in [5.74, 6) is 0.771. The highest BCUT2D eigenvalue weighted by atomic mass is 16.5. The van der Waals surface area contributed by atoms with Gasteiger partial charge in [0.05, 0.1) is 0 Å². The molecule has 0 bridgehead atoms. The van der Waals surface area contributed by atoms with Gasteiger partial charge in [-0.05, 0) is 61.8 Å². The Balaban J connectivity index is 1.77. The van der Waals surface area contributed by atoms with Gasteiger partial charge in [0.15, 0.2) is 6.10 Å². The highest BCUT2D eigenvalue weighted by Gasteiger charge is 2.23. The van der Waals surface area contributed by atoms with Crippen molar-refractivity contribution in [1.82, 2.24) is 5.32 Å². The molecule has 4 nitrogen and oxygen atoms in total. The third kappa shape index (κ3) is 2.80. The van der Waals surface area contributed by atoms with E-state index in [-0.39, 0.29) is 18.1 Å². The first-order chi connectivity index (χ1) is 9.74. The second-order valence-corrected chi connectivity index (χ2v) is 5.75. The maximum atomic E-state index is 11.9. The van der Waals surface area contributed by atoms with Crippen LogP contribution in [0.2, 0.25) is 0 Å². The van der Waals surface area contributed by atoms with Crippen LogP contribution in [0, 0.1) is 0 Å². The van der Waals surface area contributed by atoms with Crippen LogP contribution in [0.3, 0.4) is 0 Å². The molecule has 1 saturated heterocycles. The molecule has 1 aromatic carbocycles. The van der Waals surface area contributed by atoms with Crippen molar-refractivity contribution in [3.63, 3.8) is 0 Å². The Morgan fingerprint density at radius 3 is 3.00 bits per heavy atom. The van der Waals surface area contributed by atoms with Gasteiger partial charge >= 0.3 is 0 Å². The number of nitrogens with two attached hydrogens (primary N) is 1. The van der Waals surface area contributed by atoms with Gasteiger partial charge in [0.25, 0.3) is 5.91 Å². The van der Waals surface area contributed by atoms with E-state index in [9.17, 15) is 4.79 Å². The lowest BCUT2D eigenvalue weighted by Gasteiger charge is -2.24. The number of amides is 1. The van der Waals surface area contributed by atoms with Crippen LogP contribution in [0.4, 0.5) is 0 Å². The Kier molecular flexibility index (Phi) is 3.92. The van der Waals surface area contributed by atoms with Crippen LogP contribution >= 0.6 is 0 Å². The van der Waals surface area contributed by atoms with E-state index in [1.54, 1.807) is 0 Å². The van der Waals surface area contributed by atoms with Gasteiger partial charge in [-0.15, -0.1) is 0 Å². The van der Waals surface area contributed by atoms with E-state index >= 15 is 0 Å². The number of aryl methyl sites for hydroxylation is 1. The fraction of sp³-hybridized carbons (Fsp3) is 0.562. The number of benzene rings is 1. The molecule has 1 amide bonds. The minimum Gasteiger partial charge on any atom is -0.481 e. The van der Waals surface area contributed by atoms with Gasteiger partial charge < -0.3 is 15.8 Å². The number of carbonyl (C=O) groups is 1. The summed E-state index contributed by atoms with van der Waals surface area (Å²) in [4.78, 5) is 11.9. The summed E-state index contributed by atoms with van der Waals surface area (Å²) in [7, 11) is 0. The molecule has 0 aromatic heterocycles. The van der Waals surface area contributed by atoms with Crippen LogP contribution in [0.5, 0.6) is 5.75 Å². The van der Waals surface area contributed by atoms with Gasteiger partial charge in [-0.2, -0.15) is 0 Å². The van der Waals surface area contributed by atoms with Crippen LogP contribution in [0.1, 0.15) is 49.3 Å². The number of ether oxygens (including phenoxy) is 1. The number of carbonyl (C=O) groups excluding carboxylic acids is 1. The molecule has 2 aliphatic rings. The Morgan fingerprint density at radius 2 is 2.10 bits per heavy atom. The van der Waals surface area contributed by atoms with E-state index in [1.165, 1.54) is 11.1 Å². The van der Waals surface area contributed by atoms with Crippen LogP contribution in [0.15, 0.2) is 18.2 Å². The van der Waals surface area contributed by atoms with E-state index in [4.69, 9.17) is 10.5 Å². The van der Waals surface area contributed by atoms with Gasteiger partial charge in [0.1, 0.15) is 5.75 Å². The lowest BCUT2D eigenvalue weighted by molar-refractivity contribution is -0.127. The van der Waals surface area contributed by atoms with Crippen LogP contribution in [-0.2, 0) is 11.2 Å². The topological polar surface area (TPSA) is 64.3 Å². The molecule has 3 N–H and O–H groups in total. The fourth-order valence-electron chi connectivity index (χ4n) is 3.08. The Morgan fingerprint density at radius 1 is 1.20 bits per heavy atom. The first-order valence-electron chi connectivity index (χ1n) is 7.57. The molecule has 1 aliphatic carbocycles. The van der Waals surface area contributed by atoms with E-state index in [0.717, 1.165) is 50.8 Å². The number of hydrogen-bond donors (Lipinski definition) is 2. The van der Waals surface area contributed by atoms with Gasteiger partial charge in [0, 0.05) is 12.6 Å². The van der Waals surface area contributed by atoms with Crippen LogP contribution in [-0.4, -0.2) is 18.6 Å². The second-order valence-electron chi connectivity index (χ2n) is 5.75. The van der Waals surface area contributed by atoms with Gasteiger partial charge in [-0.25, -0.2) is 0 Å². The minimum absolute atomic E-state index is 0.00418. The second kappa shape index (κ2) is 5.83. The summed E-state index contributed by atoms with van der Waals surface area (Å²) in [6.45, 7) is 0.758. The molecule has 4 heteroatoms. The summed E-state index contributed by atoms with van der Waals surface area (Å²) in [5, 5.41) is 2.90. The highest BCUT2D eigenvalue weighted by Crippen LogP contribution is 2.31. The molecule has 20 heavy (non-hydrogen) atoms. The Labute approximate surface area is 119 Å². The highest BCUT2D eigenvalue weighted by molar-refractivity contribution is 5.81. The molecule has 0 radical (unpaired) electrons.